The first kappa shape index (κ1) is 14.7. The van der Waals surface area contributed by atoms with Gasteiger partial charge in [-0.15, -0.1) is 16.4 Å². The van der Waals surface area contributed by atoms with Gasteiger partial charge >= 0.3 is 0 Å². The molecule has 0 atom stereocenters. The van der Waals surface area contributed by atoms with Crippen LogP contribution in [0.3, 0.4) is 0 Å². The Labute approximate surface area is 133 Å². The fourth-order valence-electron chi connectivity index (χ4n) is 2.03. The summed E-state index contributed by atoms with van der Waals surface area (Å²) in [7, 11) is 1.66. The number of hydrogen-bond donors (Lipinski definition) is 0. The minimum Gasteiger partial charge on any atom is -0.497 e. The topological polar surface area (TPSA) is 52.8 Å². The molecule has 0 fully saturated rings. The second-order valence-electron chi connectivity index (χ2n) is 5.92. The third-order valence-electron chi connectivity index (χ3n) is 3.21. The van der Waals surface area contributed by atoms with E-state index in [0.717, 1.165) is 27.7 Å². The van der Waals surface area contributed by atoms with Crippen LogP contribution in [0.15, 0.2) is 35.8 Å². The number of methoxy groups -OCH3 is 1. The lowest BCUT2D eigenvalue weighted by Crippen LogP contribution is -2.24. The molecule has 3 aromatic rings. The van der Waals surface area contributed by atoms with Crippen LogP contribution >= 0.6 is 11.3 Å². The molecule has 0 unspecified atom stereocenters. The fourth-order valence-corrected chi connectivity index (χ4v) is 2.66. The van der Waals surface area contributed by atoms with E-state index in [-0.39, 0.29) is 5.54 Å². The van der Waals surface area contributed by atoms with Crippen molar-refractivity contribution in [2.75, 3.05) is 7.11 Å². The van der Waals surface area contributed by atoms with Crippen molar-refractivity contribution in [1.29, 1.82) is 0 Å². The van der Waals surface area contributed by atoms with Gasteiger partial charge in [0.25, 0.3) is 0 Å². The molecule has 0 aliphatic heterocycles. The van der Waals surface area contributed by atoms with Gasteiger partial charge < -0.3 is 4.74 Å². The van der Waals surface area contributed by atoms with Gasteiger partial charge in [0.2, 0.25) is 0 Å². The number of ether oxygens (including phenoxy) is 1. The van der Waals surface area contributed by atoms with Crippen molar-refractivity contribution in [3.05, 3.63) is 35.8 Å². The zero-order valence-corrected chi connectivity index (χ0v) is 13.9. The molecule has 0 saturated carbocycles. The molecule has 0 saturated heterocycles. The Balaban J connectivity index is 2.14. The number of thiazole rings is 1. The van der Waals surface area contributed by atoms with Gasteiger partial charge in [0.05, 0.1) is 12.6 Å². The molecule has 0 N–H and O–H groups in total. The van der Waals surface area contributed by atoms with E-state index in [1.54, 1.807) is 29.4 Å². The maximum Gasteiger partial charge on any atom is 0.149 e. The Morgan fingerprint density at radius 3 is 2.27 bits per heavy atom. The molecule has 0 amide bonds. The summed E-state index contributed by atoms with van der Waals surface area (Å²) in [5.74, 6) is 0.822. The first-order valence-electron chi connectivity index (χ1n) is 7.01. The minimum atomic E-state index is -0.184. The molecular formula is C16H18N4OS. The minimum absolute atomic E-state index is 0.184. The van der Waals surface area contributed by atoms with Crippen molar-refractivity contribution in [1.82, 2.24) is 20.0 Å². The van der Waals surface area contributed by atoms with Gasteiger partial charge in [-0.1, -0.05) is 0 Å². The van der Waals surface area contributed by atoms with E-state index in [4.69, 9.17) is 9.84 Å². The summed E-state index contributed by atoms with van der Waals surface area (Å²) < 4.78 is 5.22. The van der Waals surface area contributed by atoms with Crippen molar-refractivity contribution in [2.45, 2.75) is 26.3 Å². The lowest BCUT2D eigenvalue weighted by atomic mass is 10.1. The normalized spacial score (nSPS) is 11.6. The average molecular weight is 314 g/mol. The number of aromatic nitrogens is 4. The second-order valence-corrected chi connectivity index (χ2v) is 6.82. The predicted octanol–water partition coefficient (Wildman–Crippen LogP) is 3.83. The van der Waals surface area contributed by atoms with Gasteiger partial charge in [-0.2, -0.15) is 9.90 Å². The molecule has 0 bridgehead atoms. The summed E-state index contributed by atoms with van der Waals surface area (Å²) in [5, 5.41) is 12.2. The third kappa shape index (κ3) is 2.74. The fraction of sp³-hybridized carbons (Fsp3) is 0.312. The van der Waals surface area contributed by atoms with Crippen LogP contribution in [0.2, 0.25) is 0 Å². The van der Waals surface area contributed by atoms with E-state index in [9.17, 15) is 0 Å². The molecule has 2 aromatic heterocycles. The summed E-state index contributed by atoms with van der Waals surface area (Å²) in [6, 6.07) is 7.84. The van der Waals surface area contributed by atoms with Gasteiger partial charge in [0.1, 0.15) is 22.1 Å². The first-order chi connectivity index (χ1) is 10.5. The Bertz CT molecular complexity index is 755. The molecule has 6 heteroatoms. The van der Waals surface area contributed by atoms with E-state index < -0.39 is 0 Å². The predicted molar refractivity (Wildman–Crippen MR) is 88.1 cm³/mol. The number of nitrogens with zero attached hydrogens (tertiary/aromatic N) is 4. The smallest absolute Gasteiger partial charge is 0.149 e. The highest BCUT2D eigenvalue weighted by Crippen LogP contribution is 2.32. The number of rotatable bonds is 3. The van der Waals surface area contributed by atoms with E-state index >= 15 is 0 Å². The second kappa shape index (κ2) is 5.53. The Morgan fingerprint density at radius 1 is 1.05 bits per heavy atom. The maximum atomic E-state index is 5.22. The summed E-state index contributed by atoms with van der Waals surface area (Å²) in [4.78, 5) is 6.13. The van der Waals surface area contributed by atoms with Crippen LogP contribution in [0.1, 0.15) is 20.8 Å². The first-order valence-corrected chi connectivity index (χ1v) is 7.89. The number of hydrogen-bond acceptors (Lipinski definition) is 5. The van der Waals surface area contributed by atoms with E-state index in [0.29, 0.717) is 0 Å². The highest BCUT2D eigenvalue weighted by atomic mass is 32.1. The monoisotopic (exact) mass is 314 g/mol. The van der Waals surface area contributed by atoms with Crippen LogP contribution in [0.25, 0.3) is 22.0 Å². The average Bonchev–Trinajstić information content (AvgIpc) is 3.15. The molecule has 0 radical (unpaired) electrons. The van der Waals surface area contributed by atoms with Crippen molar-refractivity contribution in [2.24, 2.45) is 0 Å². The van der Waals surface area contributed by atoms with Gasteiger partial charge in [0.15, 0.2) is 0 Å². The SMILES string of the molecule is COc1ccc(-c2nn(C(C)(C)C)nc2-c2nccs2)cc1. The van der Waals surface area contributed by atoms with E-state index in [1.165, 1.54) is 0 Å². The van der Waals surface area contributed by atoms with Crippen molar-refractivity contribution in [3.63, 3.8) is 0 Å². The summed E-state index contributed by atoms with van der Waals surface area (Å²) in [6.07, 6.45) is 1.79. The molecule has 5 nitrogen and oxygen atoms in total. The summed E-state index contributed by atoms with van der Waals surface area (Å²) in [6.45, 7) is 6.24. The third-order valence-corrected chi connectivity index (χ3v) is 3.99. The van der Waals surface area contributed by atoms with Gasteiger partial charge in [-0.3, -0.25) is 0 Å². The van der Waals surface area contributed by atoms with Gasteiger partial charge in [0, 0.05) is 17.1 Å². The standard InChI is InChI=1S/C16H18N4OS/c1-16(2,3)20-18-13(11-5-7-12(21-4)8-6-11)14(19-20)15-17-9-10-22-15/h5-10H,1-4H3. The van der Waals surface area contributed by atoms with Gasteiger partial charge in [-0.05, 0) is 45.0 Å². The highest BCUT2D eigenvalue weighted by molar-refractivity contribution is 7.13. The quantitative estimate of drug-likeness (QED) is 0.737. The van der Waals surface area contributed by atoms with Crippen LogP contribution in [-0.2, 0) is 5.54 Å². The summed E-state index contributed by atoms with van der Waals surface area (Å²) in [5.41, 5.74) is 2.47. The van der Waals surface area contributed by atoms with Crippen molar-refractivity contribution in [3.8, 4) is 27.7 Å². The lowest BCUT2D eigenvalue weighted by molar-refractivity contribution is 0.313. The largest absolute Gasteiger partial charge is 0.497 e. The molecule has 114 valence electrons. The zero-order chi connectivity index (χ0) is 15.7. The van der Waals surface area contributed by atoms with Crippen LogP contribution in [0.4, 0.5) is 0 Å². The molecule has 0 spiro atoms. The van der Waals surface area contributed by atoms with Gasteiger partial charge in [-0.25, -0.2) is 4.98 Å². The van der Waals surface area contributed by atoms with Crippen LogP contribution in [0.5, 0.6) is 5.75 Å². The van der Waals surface area contributed by atoms with Crippen molar-refractivity contribution >= 4 is 11.3 Å². The summed E-state index contributed by atoms with van der Waals surface area (Å²) >= 11 is 1.56. The lowest BCUT2D eigenvalue weighted by Gasteiger charge is -2.16. The van der Waals surface area contributed by atoms with E-state index in [1.807, 2.05) is 29.6 Å². The molecule has 1 aromatic carbocycles. The zero-order valence-electron chi connectivity index (χ0n) is 13.1. The van der Waals surface area contributed by atoms with Crippen LogP contribution in [-0.4, -0.2) is 27.1 Å². The van der Waals surface area contributed by atoms with Crippen LogP contribution < -0.4 is 4.74 Å². The van der Waals surface area contributed by atoms with Crippen LogP contribution in [0, 0.1) is 0 Å². The molecule has 2 heterocycles. The molecule has 3 rings (SSSR count). The number of benzene rings is 1. The Morgan fingerprint density at radius 2 is 1.73 bits per heavy atom. The highest BCUT2D eigenvalue weighted by Gasteiger charge is 2.22. The molecule has 0 aliphatic carbocycles. The maximum absolute atomic E-state index is 5.22. The Hall–Kier alpha value is -2.21. The molecule has 0 aliphatic rings. The molecule has 22 heavy (non-hydrogen) atoms. The Kier molecular flexibility index (Phi) is 3.70. The van der Waals surface area contributed by atoms with Crippen molar-refractivity contribution < 1.29 is 4.74 Å². The van der Waals surface area contributed by atoms with E-state index in [2.05, 4.69) is 30.9 Å². The molecular weight excluding hydrogens is 296 g/mol.